The Balaban J connectivity index is 2.30. The summed E-state index contributed by atoms with van der Waals surface area (Å²) in [4.78, 5) is 25.8. The molecule has 2 N–H and O–H groups in total. The molecule has 1 heterocycles. The molecular formula is C15H20FN3O4S. The van der Waals surface area contributed by atoms with Crippen LogP contribution in [0.25, 0.3) is 0 Å². The highest BCUT2D eigenvalue weighted by Crippen LogP contribution is 2.22. The number of anilines is 1. The number of carbonyl (C=O) groups is 2. The molecule has 1 aromatic carbocycles. The molecule has 1 fully saturated rings. The highest BCUT2D eigenvalue weighted by molar-refractivity contribution is 7.89. The van der Waals surface area contributed by atoms with Gasteiger partial charge in [-0.2, -0.15) is 0 Å². The minimum atomic E-state index is -3.43. The van der Waals surface area contributed by atoms with Crippen molar-refractivity contribution >= 4 is 27.5 Å². The van der Waals surface area contributed by atoms with Gasteiger partial charge >= 0.3 is 0 Å². The summed E-state index contributed by atoms with van der Waals surface area (Å²) in [6, 6.07) is 3.98. The van der Waals surface area contributed by atoms with Crippen molar-refractivity contribution in [3.63, 3.8) is 0 Å². The Kier molecular flexibility index (Phi) is 5.55. The van der Waals surface area contributed by atoms with Crippen LogP contribution in [0.15, 0.2) is 18.2 Å². The lowest BCUT2D eigenvalue weighted by Gasteiger charge is -2.21. The van der Waals surface area contributed by atoms with Crippen LogP contribution in [0.4, 0.5) is 10.1 Å². The minimum absolute atomic E-state index is 0.0416. The summed E-state index contributed by atoms with van der Waals surface area (Å²) in [7, 11) is -3.43. The maximum Gasteiger partial charge on any atom is 0.259 e. The molecule has 0 spiro atoms. The van der Waals surface area contributed by atoms with E-state index in [1.165, 1.54) is 17.0 Å². The lowest BCUT2D eigenvalue weighted by Crippen LogP contribution is -2.36. The molecule has 1 aliphatic heterocycles. The topological polar surface area (TPSA) is 95.6 Å². The molecule has 7 nitrogen and oxygen atoms in total. The number of sulfonamides is 1. The number of hydrogen-bond donors (Lipinski definition) is 2. The predicted octanol–water partition coefficient (Wildman–Crippen LogP) is 0.795. The Bertz CT molecular complexity index is 749. The van der Waals surface area contributed by atoms with Crippen LogP contribution < -0.4 is 10.0 Å². The third kappa shape index (κ3) is 4.30. The standard InChI is InChI=1S/C15H20FN3O4S/c1-10(2)14(20)18-12-5-3-4-11(16)13(12)15(21)19-7-6-17-24(22,23)9-8-19/h3-5,10,17H,6-9H2,1-2H3,(H,18,20). The van der Waals surface area contributed by atoms with Crippen molar-refractivity contribution < 1.29 is 22.4 Å². The van der Waals surface area contributed by atoms with E-state index in [9.17, 15) is 22.4 Å². The summed E-state index contributed by atoms with van der Waals surface area (Å²) in [5.41, 5.74) is -0.176. The molecule has 0 radical (unpaired) electrons. The van der Waals surface area contributed by atoms with Crippen molar-refractivity contribution in [1.82, 2.24) is 9.62 Å². The zero-order valence-electron chi connectivity index (χ0n) is 13.5. The number of amides is 2. The maximum absolute atomic E-state index is 14.2. The third-order valence-corrected chi connectivity index (χ3v) is 4.99. The van der Waals surface area contributed by atoms with Gasteiger partial charge < -0.3 is 10.2 Å². The second kappa shape index (κ2) is 7.27. The number of rotatable bonds is 3. The molecular weight excluding hydrogens is 337 g/mol. The van der Waals surface area contributed by atoms with Crippen LogP contribution in [0.1, 0.15) is 24.2 Å². The van der Waals surface area contributed by atoms with Gasteiger partial charge in [-0.1, -0.05) is 19.9 Å². The number of nitrogens with zero attached hydrogens (tertiary/aromatic N) is 1. The average Bonchev–Trinajstić information content (AvgIpc) is 2.67. The van der Waals surface area contributed by atoms with Crippen molar-refractivity contribution in [1.29, 1.82) is 0 Å². The molecule has 1 aromatic rings. The normalized spacial score (nSPS) is 17.4. The molecule has 0 atom stereocenters. The largest absolute Gasteiger partial charge is 0.336 e. The van der Waals surface area contributed by atoms with E-state index in [1.54, 1.807) is 13.8 Å². The molecule has 132 valence electrons. The van der Waals surface area contributed by atoms with Crippen LogP contribution in [0, 0.1) is 11.7 Å². The Labute approximate surface area is 140 Å². The molecule has 24 heavy (non-hydrogen) atoms. The number of hydrogen-bond acceptors (Lipinski definition) is 4. The monoisotopic (exact) mass is 357 g/mol. The fourth-order valence-electron chi connectivity index (χ4n) is 2.23. The maximum atomic E-state index is 14.2. The fraction of sp³-hybridized carbons (Fsp3) is 0.467. The van der Waals surface area contributed by atoms with Crippen molar-refractivity contribution in [3.05, 3.63) is 29.6 Å². The predicted molar refractivity (Wildman–Crippen MR) is 87.6 cm³/mol. The van der Waals surface area contributed by atoms with Crippen LogP contribution >= 0.6 is 0 Å². The smallest absolute Gasteiger partial charge is 0.259 e. The first kappa shape index (κ1) is 18.3. The van der Waals surface area contributed by atoms with Crippen LogP contribution in [-0.4, -0.2) is 50.5 Å². The first-order valence-corrected chi connectivity index (χ1v) is 9.22. The summed E-state index contributed by atoms with van der Waals surface area (Å²) in [6.45, 7) is 3.52. The molecule has 1 saturated heterocycles. The number of nitrogens with one attached hydrogen (secondary N) is 2. The van der Waals surface area contributed by atoms with Crippen molar-refractivity contribution in [3.8, 4) is 0 Å². The van der Waals surface area contributed by atoms with E-state index in [-0.39, 0.29) is 48.5 Å². The SMILES string of the molecule is CC(C)C(=O)Nc1cccc(F)c1C(=O)N1CCNS(=O)(=O)CC1. The van der Waals surface area contributed by atoms with Crippen LogP contribution in [0.3, 0.4) is 0 Å². The van der Waals surface area contributed by atoms with Gasteiger partial charge in [-0.3, -0.25) is 9.59 Å². The van der Waals surface area contributed by atoms with Gasteiger partial charge in [0.1, 0.15) is 5.82 Å². The fourth-order valence-corrected chi connectivity index (χ4v) is 3.24. The summed E-state index contributed by atoms with van der Waals surface area (Å²) in [5.74, 6) is -2.33. The van der Waals surface area contributed by atoms with E-state index < -0.39 is 21.7 Å². The van der Waals surface area contributed by atoms with E-state index in [4.69, 9.17) is 0 Å². The van der Waals surface area contributed by atoms with Gasteiger partial charge in [0.15, 0.2) is 0 Å². The molecule has 0 aliphatic carbocycles. The summed E-state index contributed by atoms with van der Waals surface area (Å²) >= 11 is 0. The number of carbonyl (C=O) groups excluding carboxylic acids is 2. The second-order valence-electron chi connectivity index (χ2n) is 5.81. The van der Waals surface area contributed by atoms with Crippen molar-refractivity contribution in [2.75, 3.05) is 30.7 Å². The van der Waals surface area contributed by atoms with Crippen LogP contribution in [0.2, 0.25) is 0 Å². The van der Waals surface area contributed by atoms with E-state index >= 15 is 0 Å². The van der Waals surface area contributed by atoms with E-state index in [0.717, 1.165) is 6.07 Å². The molecule has 0 saturated carbocycles. The Morgan fingerprint density at radius 3 is 2.67 bits per heavy atom. The third-order valence-electron chi connectivity index (χ3n) is 3.63. The summed E-state index contributed by atoms with van der Waals surface area (Å²) < 4.78 is 39.7. The zero-order chi connectivity index (χ0) is 17.9. The first-order valence-electron chi connectivity index (χ1n) is 7.57. The Hall–Kier alpha value is -2.00. The van der Waals surface area contributed by atoms with Gasteiger partial charge in [0.2, 0.25) is 15.9 Å². The van der Waals surface area contributed by atoms with Crippen molar-refractivity contribution in [2.45, 2.75) is 13.8 Å². The molecule has 9 heteroatoms. The molecule has 2 amide bonds. The average molecular weight is 357 g/mol. The van der Waals surface area contributed by atoms with Gasteiger partial charge in [-0.25, -0.2) is 17.5 Å². The zero-order valence-corrected chi connectivity index (χ0v) is 14.3. The number of benzene rings is 1. The van der Waals surface area contributed by atoms with Gasteiger partial charge in [-0.15, -0.1) is 0 Å². The molecule has 2 rings (SSSR count). The Morgan fingerprint density at radius 1 is 1.29 bits per heavy atom. The van der Waals surface area contributed by atoms with Gasteiger partial charge in [0.05, 0.1) is 17.0 Å². The first-order chi connectivity index (χ1) is 11.2. The molecule has 0 bridgehead atoms. The van der Waals surface area contributed by atoms with Gasteiger partial charge in [0, 0.05) is 25.6 Å². The summed E-state index contributed by atoms with van der Waals surface area (Å²) in [5, 5.41) is 2.54. The second-order valence-corrected chi connectivity index (χ2v) is 7.74. The van der Waals surface area contributed by atoms with E-state index in [0.29, 0.717) is 0 Å². The molecule has 1 aliphatic rings. The highest BCUT2D eigenvalue weighted by atomic mass is 32.2. The quantitative estimate of drug-likeness (QED) is 0.836. The van der Waals surface area contributed by atoms with Crippen molar-refractivity contribution in [2.24, 2.45) is 5.92 Å². The summed E-state index contributed by atoms with van der Waals surface area (Å²) in [6.07, 6.45) is 0. The lowest BCUT2D eigenvalue weighted by atomic mass is 10.1. The highest BCUT2D eigenvalue weighted by Gasteiger charge is 2.27. The van der Waals surface area contributed by atoms with Crippen LogP contribution in [-0.2, 0) is 14.8 Å². The van der Waals surface area contributed by atoms with Crippen LogP contribution in [0.5, 0.6) is 0 Å². The number of halogens is 1. The lowest BCUT2D eigenvalue weighted by molar-refractivity contribution is -0.118. The van der Waals surface area contributed by atoms with Gasteiger partial charge in [-0.05, 0) is 12.1 Å². The van der Waals surface area contributed by atoms with E-state index in [2.05, 4.69) is 10.0 Å². The van der Waals surface area contributed by atoms with E-state index in [1.807, 2.05) is 0 Å². The Morgan fingerprint density at radius 2 is 2.00 bits per heavy atom. The molecule has 0 aromatic heterocycles. The molecule has 0 unspecified atom stereocenters. The minimum Gasteiger partial charge on any atom is -0.336 e. The van der Waals surface area contributed by atoms with Gasteiger partial charge in [0.25, 0.3) is 5.91 Å².